The average Bonchev–Trinajstić information content (AvgIpc) is 3.23. The highest BCUT2D eigenvalue weighted by molar-refractivity contribution is 7.80. The number of hydrogen-bond acceptors (Lipinski definition) is 3. The van der Waals surface area contributed by atoms with E-state index in [2.05, 4.69) is 32.7 Å². The van der Waals surface area contributed by atoms with Crippen LogP contribution in [0, 0.1) is 6.92 Å². The summed E-state index contributed by atoms with van der Waals surface area (Å²) in [5.41, 5.74) is 2.70. The second-order valence-corrected chi connectivity index (χ2v) is 9.30. The summed E-state index contributed by atoms with van der Waals surface area (Å²) in [4.78, 5) is 19.2. The van der Waals surface area contributed by atoms with Crippen LogP contribution in [0.4, 0.5) is 0 Å². The first kappa shape index (κ1) is 20.1. The van der Waals surface area contributed by atoms with Crippen LogP contribution in [0.15, 0.2) is 46.6 Å². The van der Waals surface area contributed by atoms with Gasteiger partial charge in [0, 0.05) is 16.5 Å². The Morgan fingerprint density at radius 1 is 1.21 bits per heavy atom. The quantitative estimate of drug-likeness (QED) is 0.558. The number of aromatic amines is 1. The lowest BCUT2D eigenvalue weighted by atomic mass is 9.96. The van der Waals surface area contributed by atoms with Gasteiger partial charge in [-0.2, -0.15) is 0 Å². The van der Waals surface area contributed by atoms with Gasteiger partial charge in [0.25, 0.3) is 5.56 Å². The van der Waals surface area contributed by atoms with E-state index < -0.39 is 0 Å². The van der Waals surface area contributed by atoms with Crippen LogP contribution in [0.3, 0.4) is 0 Å². The van der Waals surface area contributed by atoms with Gasteiger partial charge in [-0.15, -0.1) is 11.3 Å². The zero-order chi connectivity index (χ0) is 20.2. The van der Waals surface area contributed by atoms with Crippen molar-refractivity contribution in [3.8, 4) is 0 Å². The smallest absolute Gasteiger partial charge is 0.253 e. The van der Waals surface area contributed by atoms with Crippen molar-refractivity contribution in [1.82, 2.24) is 15.2 Å². The first-order valence-corrected chi connectivity index (χ1v) is 11.6. The topological polar surface area (TPSA) is 48.1 Å². The molecule has 29 heavy (non-hydrogen) atoms. The van der Waals surface area contributed by atoms with Crippen molar-refractivity contribution in [3.05, 3.63) is 68.1 Å². The molecule has 1 aliphatic rings. The molecule has 4 rings (SSSR count). The van der Waals surface area contributed by atoms with Crippen LogP contribution in [0.1, 0.15) is 48.1 Å². The minimum absolute atomic E-state index is 0.0385. The molecular weight excluding hydrogens is 398 g/mol. The number of thiophene rings is 1. The number of rotatable bonds is 5. The summed E-state index contributed by atoms with van der Waals surface area (Å²) in [7, 11) is 0. The third-order valence-electron chi connectivity index (χ3n) is 5.67. The van der Waals surface area contributed by atoms with E-state index in [0.29, 0.717) is 19.1 Å². The Hall–Kier alpha value is -2.18. The van der Waals surface area contributed by atoms with Gasteiger partial charge in [0.15, 0.2) is 5.11 Å². The Balaban J connectivity index is 1.59. The molecule has 0 atom stereocenters. The SMILES string of the molecule is Cc1cccc2cc(CN(Cc3cccs3)C(=S)NC3CCCCC3)c(=O)[nH]c12. The number of fused-ring (bicyclic) bond motifs is 1. The van der Waals surface area contributed by atoms with Gasteiger partial charge in [-0.05, 0) is 60.4 Å². The van der Waals surface area contributed by atoms with Crippen LogP contribution in [-0.4, -0.2) is 21.0 Å². The van der Waals surface area contributed by atoms with Crippen molar-refractivity contribution in [2.45, 2.75) is 58.2 Å². The highest BCUT2D eigenvalue weighted by atomic mass is 32.1. The molecule has 0 radical (unpaired) electrons. The van der Waals surface area contributed by atoms with E-state index in [4.69, 9.17) is 12.2 Å². The number of nitrogens with one attached hydrogen (secondary N) is 2. The molecular formula is C23H27N3OS2. The lowest BCUT2D eigenvalue weighted by Gasteiger charge is -2.30. The summed E-state index contributed by atoms with van der Waals surface area (Å²) in [6.45, 7) is 3.22. The lowest BCUT2D eigenvalue weighted by molar-refractivity contribution is 0.364. The highest BCUT2D eigenvalue weighted by Crippen LogP contribution is 2.20. The number of benzene rings is 1. The van der Waals surface area contributed by atoms with Crippen LogP contribution < -0.4 is 10.9 Å². The van der Waals surface area contributed by atoms with E-state index in [0.717, 1.165) is 27.1 Å². The average molecular weight is 426 g/mol. The van der Waals surface area contributed by atoms with Gasteiger partial charge in [0.1, 0.15) is 0 Å². The number of H-pyrrole nitrogens is 1. The molecule has 2 heterocycles. The van der Waals surface area contributed by atoms with Crippen molar-refractivity contribution < 1.29 is 0 Å². The molecule has 2 aromatic heterocycles. The van der Waals surface area contributed by atoms with Gasteiger partial charge in [0.05, 0.1) is 18.6 Å². The van der Waals surface area contributed by atoms with Crippen LogP contribution in [0.25, 0.3) is 10.9 Å². The maximum atomic E-state index is 12.8. The molecule has 4 nitrogen and oxygen atoms in total. The summed E-state index contributed by atoms with van der Waals surface area (Å²) in [5.74, 6) is 0. The van der Waals surface area contributed by atoms with Crippen LogP contribution >= 0.6 is 23.6 Å². The van der Waals surface area contributed by atoms with E-state index in [-0.39, 0.29) is 5.56 Å². The second-order valence-electron chi connectivity index (χ2n) is 7.88. The number of nitrogens with zero attached hydrogens (tertiary/aromatic N) is 1. The number of para-hydroxylation sites is 1. The number of aromatic nitrogens is 1. The van der Waals surface area contributed by atoms with E-state index in [1.807, 2.05) is 31.2 Å². The predicted octanol–water partition coefficient (Wildman–Crippen LogP) is 5.11. The first-order valence-electron chi connectivity index (χ1n) is 10.3. The van der Waals surface area contributed by atoms with Gasteiger partial charge < -0.3 is 15.2 Å². The van der Waals surface area contributed by atoms with Gasteiger partial charge in [-0.1, -0.05) is 43.5 Å². The summed E-state index contributed by atoms with van der Waals surface area (Å²) in [5, 5.41) is 7.45. The number of aryl methyl sites for hydroxylation is 1. The minimum Gasteiger partial charge on any atom is -0.360 e. The first-order chi connectivity index (χ1) is 14.1. The number of thiocarbonyl (C=S) groups is 1. The Labute approximate surface area is 181 Å². The number of pyridine rings is 1. The molecule has 0 amide bonds. The van der Waals surface area contributed by atoms with Crippen LogP contribution in [0.2, 0.25) is 0 Å². The Morgan fingerprint density at radius 2 is 2.03 bits per heavy atom. The third-order valence-corrected chi connectivity index (χ3v) is 6.91. The highest BCUT2D eigenvalue weighted by Gasteiger charge is 2.19. The standard InChI is InChI=1S/C23H27N3OS2/c1-16-7-5-8-17-13-18(22(27)25-21(16)17)14-26(15-20-11-6-12-29-20)23(28)24-19-9-3-2-4-10-19/h5-8,11-13,19H,2-4,9-10,14-15H2,1H3,(H,24,28)(H,25,27). The zero-order valence-electron chi connectivity index (χ0n) is 16.7. The zero-order valence-corrected chi connectivity index (χ0v) is 18.4. The maximum absolute atomic E-state index is 12.8. The monoisotopic (exact) mass is 425 g/mol. The van der Waals surface area contributed by atoms with Gasteiger partial charge in [-0.3, -0.25) is 4.79 Å². The Kier molecular flexibility index (Phi) is 6.31. The normalized spacial score (nSPS) is 14.8. The van der Waals surface area contributed by atoms with Gasteiger partial charge in [0.2, 0.25) is 0 Å². The molecule has 0 bridgehead atoms. The molecule has 3 aromatic rings. The molecule has 1 saturated carbocycles. The molecule has 0 saturated heterocycles. The molecule has 152 valence electrons. The molecule has 0 aliphatic heterocycles. The van der Waals surface area contributed by atoms with Crippen molar-refractivity contribution in [2.24, 2.45) is 0 Å². The Morgan fingerprint density at radius 3 is 2.79 bits per heavy atom. The number of hydrogen-bond donors (Lipinski definition) is 2. The van der Waals surface area contributed by atoms with E-state index in [1.54, 1.807) is 11.3 Å². The largest absolute Gasteiger partial charge is 0.360 e. The van der Waals surface area contributed by atoms with Crippen molar-refractivity contribution in [2.75, 3.05) is 0 Å². The predicted molar refractivity (Wildman–Crippen MR) is 125 cm³/mol. The van der Waals surface area contributed by atoms with E-state index in [1.165, 1.54) is 37.0 Å². The van der Waals surface area contributed by atoms with Crippen molar-refractivity contribution in [1.29, 1.82) is 0 Å². The fourth-order valence-electron chi connectivity index (χ4n) is 4.05. The summed E-state index contributed by atoms with van der Waals surface area (Å²) >= 11 is 7.51. The molecule has 1 aromatic carbocycles. The molecule has 1 fully saturated rings. The summed E-state index contributed by atoms with van der Waals surface area (Å²) in [6, 6.07) is 12.7. The van der Waals surface area contributed by atoms with Crippen LogP contribution in [0.5, 0.6) is 0 Å². The molecule has 0 spiro atoms. The summed E-state index contributed by atoms with van der Waals surface area (Å²) < 4.78 is 0. The Bertz CT molecular complexity index is 1040. The molecule has 1 aliphatic carbocycles. The van der Waals surface area contributed by atoms with E-state index >= 15 is 0 Å². The summed E-state index contributed by atoms with van der Waals surface area (Å²) in [6.07, 6.45) is 6.17. The van der Waals surface area contributed by atoms with Gasteiger partial charge in [-0.25, -0.2) is 0 Å². The second kappa shape index (κ2) is 9.09. The molecule has 0 unspecified atom stereocenters. The molecule has 6 heteroatoms. The van der Waals surface area contributed by atoms with Crippen molar-refractivity contribution in [3.63, 3.8) is 0 Å². The van der Waals surface area contributed by atoms with Gasteiger partial charge >= 0.3 is 0 Å². The van der Waals surface area contributed by atoms with E-state index in [9.17, 15) is 4.79 Å². The third kappa shape index (κ3) is 4.87. The fraction of sp³-hybridized carbons (Fsp3) is 0.391. The minimum atomic E-state index is -0.0385. The fourth-order valence-corrected chi connectivity index (χ4v) is 5.07. The lowest BCUT2D eigenvalue weighted by Crippen LogP contribution is -2.45. The van der Waals surface area contributed by atoms with Crippen LogP contribution in [-0.2, 0) is 13.1 Å². The maximum Gasteiger partial charge on any atom is 0.253 e. The molecule has 2 N–H and O–H groups in total. The van der Waals surface area contributed by atoms with Crippen molar-refractivity contribution >= 4 is 39.6 Å².